The van der Waals surface area contributed by atoms with Crippen LogP contribution in [0.25, 0.3) is 0 Å². The number of methoxy groups -OCH3 is 1. The number of rotatable bonds is 9. The van der Waals surface area contributed by atoms with Crippen molar-refractivity contribution in [2.75, 3.05) is 26.8 Å². The van der Waals surface area contributed by atoms with Gasteiger partial charge in [0.25, 0.3) is 0 Å². The predicted molar refractivity (Wildman–Crippen MR) is 108 cm³/mol. The first-order valence-corrected chi connectivity index (χ1v) is 10.7. The smallest absolute Gasteiger partial charge is 0.404 e. The molecule has 3 aliphatic heterocycles. The first-order chi connectivity index (χ1) is 14.4. The fourth-order valence-corrected chi connectivity index (χ4v) is 5.27. The lowest BCUT2D eigenvalue weighted by atomic mass is 9.82. The van der Waals surface area contributed by atoms with Gasteiger partial charge < -0.3 is 30.7 Å². The van der Waals surface area contributed by atoms with E-state index >= 15 is 0 Å². The van der Waals surface area contributed by atoms with Gasteiger partial charge in [0, 0.05) is 37.4 Å². The van der Waals surface area contributed by atoms with Gasteiger partial charge in [-0.2, -0.15) is 0 Å². The molecular formula is C21H30N4O5. The van der Waals surface area contributed by atoms with Crippen LogP contribution in [0.3, 0.4) is 0 Å². The van der Waals surface area contributed by atoms with Gasteiger partial charge in [-0.05, 0) is 13.3 Å². The van der Waals surface area contributed by atoms with Gasteiger partial charge in [0.15, 0.2) is 5.72 Å². The van der Waals surface area contributed by atoms with Gasteiger partial charge in [0.05, 0.1) is 23.4 Å². The van der Waals surface area contributed by atoms with Gasteiger partial charge in [-0.3, -0.25) is 9.59 Å². The van der Waals surface area contributed by atoms with Crippen LogP contribution in [0.15, 0.2) is 22.5 Å². The fraction of sp³-hybridized carbons (Fsp3) is 0.667. The van der Waals surface area contributed by atoms with E-state index in [0.717, 1.165) is 25.7 Å². The number of nitrogens with two attached hydrogens (primary N) is 1. The summed E-state index contributed by atoms with van der Waals surface area (Å²) in [7, 11) is 1.56. The maximum atomic E-state index is 13.5. The number of carbonyl (C=O) groups is 3. The Bertz CT molecular complexity index is 850. The Kier molecular flexibility index (Phi) is 5.36. The molecule has 4 N–H and O–H groups in total. The number of Topliss-reactive ketones (excluding diaryl/α,β-unsaturated/α-hetero) is 2. The van der Waals surface area contributed by atoms with E-state index in [-0.39, 0.29) is 30.3 Å². The van der Waals surface area contributed by atoms with Crippen molar-refractivity contribution in [2.45, 2.75) is 57.3 Å². The summed E-state index contributed by atoms with van der Waals surface area (Å²) in [6.07, 6.45) is 3.33. The second-order valence-corrected chi connectivity index (χ2v) is 8.41. The number of hydrogen-bond acceptors (Lipinski definition) is 8. The predicted octanol–water partition coefficient (Wildman–Crippen LogP) is 0.560. The van der Waals surface area contributed by atoms with Crippen LogP contribution in [0.4, 0.5) is 4.79 Å². The summed E-state index contributed by atoms with van der Waals surface area (Å²) in [5.41, 5.74) is 5.76. The lowest BCUT2D eigenvalue weighted by Crippen LogP contribution is -2.55. The second kappa shape index (κ2) is 7.70. The molecule has 4 rings (SSSR count). The van der Waals surface area contributed by atoms with E-state index < -0.39 is 17.7 Å². The average Bonchev–Trinajstić information content (AvgIpc) is 3.33. The topological polar surface area (TPSA) is 133 Å². The quantitative estimate of drug-likeness (QED) is 0.281. The van der Waals surface area contributed by atoms with E-state index in [2.05, 4.69) is 17.6 Å². The van der Waals surface area contributed by atoms with E-state index in [4.69, 9.17) is 15.2 Å². The molecule has 4 atom stereocenters. The number of fused-ring (bicyclic) bond motifs is 4. The van der Waals surface area contributed by atoms with Crippen molar-refractivity contribution in [3.8, 4) is 0 Å². The van der Waals surface area contributed by atoms with Crippen LogP contribution in [-0.4, -0.2) is 67.2 Å². The molecule has 0 unspecified atom stereocenters. The third-order valence-corrected chi connectivity index (χ3v) is 6.76. The zero-order valence-electron chi connectivity index (χ0n) is 17.7. The molecule has 0 bridgehead atoms. The molecule has 9 nitrogen and oxygen atoms in total. The van der Waals surface area contributed by atoms with E-state index in [1.165, 1.54) is 0 Å². The number of ether oxygens (including phenoxy) is 2. The molecule has 4 aliphatic rings. The first-order valence-electron chi connectivity index (χ1n) is 10.7. The molecular weight excluding hydrogens is 388 g/mol. The van der Waals surface area contributed by atoms with Gasteiger partial charge >= 0.3 is 6.09 Å². The molecule has 1 aliphatic carbocycles. The standard InChI is InChI=1S/C21H30N4O5/c1-4-5-6-7-8-23-15-11(2)17(26)16-14(18(15)27)12(10-30-20(22)28)21(29-3)19-13(24-19)9-25(16)21/h12-13,19,23-24H,4-10H2,1-3H3,(H2,22,28)/t12-,13+,19+,21-/m1/s1. The van der Waals surface area contributed by atoms with E-state index in [9.17, 15) is 14.4 Å². The van der Waals surface area contributed by atoms with Crippen molar-refractivity contribution in [1.82, 2.24) is 15.5 Å². The molecule has 0 aromatic heterocycles. The molecule has 30 heavy (non-hydrogen) atoms. The highest BCUT2D eigenvalue weighted by atomic mass is 16.6. The molecule has 164 valence electrons. The minimum atomic E-state index is -0.938. The molecule has 0 aromatic rings. The minimum absolute atomic E-state index is 0.0408. The zero-order chi connectivity index (χ0) is 21.6. The van der Waals surface area contributed by atoms with Crippen molar-refractivity contribution < 1.29 is 23.9 Å². The number of amides is 1. The van der Waals surface area contributed by atoms with Crippen LogP contribution < -0.4 is 16.4 Å². The Labute approximate surface area is 176 Å². The number of ketones is 2. The van der Waals surface area contributed by atoms with Crippen molar-refractivity contribution in [3.63, 3.8) is 0 Å². The Morgan fingerprint density at radius 2 is 2.07 bits per heavy atom. The number of unbranched alkanes of at least 4 members (excludes halogenated alkanes) is 3. The summed E-state index contributed by atoms with van der Waals surface area (Å²) in [5, 5.41) is 6.54. The van der Waals surface area contributed by atoms with Gasteiger partial charge in [0.2, 0.25) is 11.6 Å². The summed E-state index contributed by atoms with van der Waals surface area (Å²) in [4.78, 5) is 40.1. The fourth-order valence-electron chi connectivity index (χ4n) is 5.27. The van der Waals surface area contributed by atoms with Crippen LogP contribution in [0.5, 0.6) is 0 Å². The van der Waals surface area contributed by atoms with E-state index in [1.54, 1.807) is 14.0 Å². The third-order valence-electron chi connectivity index (χ3n) is 6.76. The van der Waals surface area contributed by atoms with Crippen LogP contribution in [0, 0.1) is 5.92 Å². The van der Waals surface area contributed by atoms with Crippen LogP contribution >= 0.6 is 0 Å². The maximum absolute atomic E-state index is 13.5. The number of hydrogen-bond donors (Lipinski definition) is 3. The maximum Gasteiger partial charge on any atom is 0.404 e. The second-order valence-electron chi connectivity index (χ2n) is 8.41. The zero-order valence-corrected chi connectivity index (χ0v) is 17.7. The monoisotopic (exact) mass is 418 g/mol. The summed E-state index contributed by atoms with van der Waals surface area (Å²) in [6, 6.07) is 0.140. The molecule has 1 amide bonds. The summed E-state index contributed by atoms with van der Waals surface area (Å²) in [6.45, 7) is 4.90. The SMILES string of the molecule is CCCCCCNC1=C(C)C(=O)C2=C(C1=O)[C@@H](COC(N)=O)[C@@]1(OC)[C@H]3N[C@H]3CN21. The lowest BCUT2D eigenvalue weighted by molar-refractivity contribution is -0.137. The van der Waals surface area contributed by atoms with E-state index in [0.29, 0.717) is 35.6 Å². The lowest BCUT2D eigenvalue weighted by Gasteiger charge is -2.39. The van der Waals surface area contributed by atoms with Gasteiger partial charge in [-0.15, -0.1) is 0 Å². The Morgan fingerprint density at radius 1 is 1.30 bits per heavy atom. The molecule has 0 spiro atoms. The number of piperazine rings is 1. The summed E-state index contributed by atoms with van der Waals surface area (Å²) in [5.74, 6) is -1.000. The van der Waals surface area contributed by atoms with Gasteiger partial charge in [0.1, 0.15) is 6.61 Å². The Balaban J connectivity index is 1.64. The molecule has 3 heterocycles. The summed E-state index contributed by atoms with van der Waals surface area (Å²) < 4.78 is 11.1. The third kappa shape index (κ3) is 2.94. The van der Waals surface area contributed by atoms with Gasteiger partial charge in [-0.1, -0.05) is 26.2 Å². The number of allylic oxidation sites excluding steroid dienone is 2. The van der Waals surface area contributed by atoms with E-state index in [1.807, 2.05) is 4.90 Å². The molecule has 0 radical (unpaired) electrons. The highest BCUT2D eigenvalue weighted by Crippen LogP contribution is 2.55. The highest BCUT2D eigenvalue weighted by molar-refractivity contribution is 6.25. The number of nitrogens with one attached hydrogen (secondary N) is 2. The normalized spacial score (nSPS) is 31.7. The van der Waals surface area contributed by atoms with Crippen molar-refractivity contribution in [1.29, 1.82) is 0 Å². The molecule has 0 saturated carbocycles. The van der Waals surface area contributed by atoms with Crippen molar-refractivity contribution in [3.05, 3.63) is 22.5 Å². The first kappa shape index (κ1) is 20.9. The Morgan fingerprint density at radius 3 is 2.73 bits per heavy atom. The number of carbonyl (C=O) groups excluding carboxylic acids is 3. The summed E-state index contributed by atoms with van der Waals surface area (Å²) >= 11 is 0. The Hall–Kier alpha value is -2.39. The molecule has 2 fully saturated rings. The van der Waals surface area contributed by atoms with Crippen LogP contribution in [0.1, 0.15) is 39.5 Å². The molecule has 2 saturated heterocycles. The van der Waals surface area contributed by atoms with Crippen molar-refractivity contribution >= 4 is 17.7 Å². The number of nitrogens with zero attached hydrogens (tertiary/aromatic N) is 1. The molecule has 0 aromatic carbocycles. The molecule has 9 heteroatoms. The largest absolute Gasteiger partial charge is 0.449 e. The minimum Gasteiger partial charge on any atom is -0.449 e. The number of primary amides is 1. The van der Waals surface area contributed by atoms with Crippen LogP contribution in [0.2, 0.25) is 0 Å². The van der Waals surface area contributed by atoms with Gasteiger partial charge in [-0.25, -0.2) is 4.79 Å². The average molecular weight is 418 g/mol. The van der Waals surface area contributed by atoms with Crippen molar-refractivity contribution in [2.24, 2.45) is 11.7 Å². The van der Waals surface area contributed by atoms with Crippen LogP contribution in [-0.2, 0) is 19.1 Å². The highest BCUT2D eigenvalue weighted by Gasteiger charge is 2.72.